The van der Waals surface area contributed by atoms with Crippen molar-refractivity contribution in [3.05, 3.63) is 17.0 Å². The SMILES string of the molecule is Cl.Cn1nc(CO)c2c1CCNC2. The van der Waals surface area contributed by atoms with Gasteiger partial charge in [-0.1, -0.05) is 0 Å². The zero-order chi connectivity index (χ0) is 8.55. The van der Waals surface area contributed by atoms with E-state index in [4.69, 9.17) is 5.11 Å². The van der Waals surface area contributed by atoms with Crippen molar-refractivity contribution in [1.29, 1.82) is 0 Å². The number of nitrogens with zero attached hydrogens (tertiary/aromatic N) is 2. The zero-order valence-corrected chi connectivity index (χ0v) is 8.39. The van der Waals surface area contributed by atoms with Crippen LogP contribution in [-0.4, -0.2) is 21.4 Å². The number of nitrogens with one attached hydrogen (secondary N) is 1. The van der Waals surface area contributed by atoms with Gasteiger partial charge in [-0.25, -0.2) is 0 Å². The molecule has 0 saturated carbocycles. The van der Waals surface area contributed by atoms with E-state index in [-0.39, 0.29) is 19.0 Å². The van der Waals surface area contributed by atoms with E-state index in [0.717, 1.165) is 25.2 Å². The molecule has 0 amide bonds. The normalized spacial score (nSPS) is 14.9. The van der Waals surface area contributed by atoms with E-state index in [9.17, 15) is 0 Å². The standard InChI is InChI=1S/C8H13N3O.ClH/c1-11-8-2-3-9-4-6(8)7(5-12)10-11;/h9,12H,2-5H2,1H3;1H. The Labute approximate surface area is 83.4 Å². The number of aliphatic hydroxyl groups is 1. The van der Waals surface area contributed by atoms with Crippen LogP contribution in [-0.2, 0) is 26.6 Å². The monoisotopic (exact) mass is 203 g/mol. The van der Waals surface area contributed by atoms with Crippen LogP contribution < -0.4 is 5.32 Å². The number of rotatable bonds is 1. The molecule has 2 heterocycles. The summed E-state index contributed by atoms with van der Waals surface area (Å²) in [4.78, 5) is 0. The molecule has 0 bridgehead atoms. The molecule has 0 aliphatic carbocycles. The fourth-order valence-electron chi connectivity index (χ4n) is 1.73. The van der Waals surface area contributed by atoms with E-state index in [0.29, 0.717) is 0 Å². The Hall–Kier alpha value is -0.580. The van der Waals surface area contributed by atoms with Gasteiger partial charge in [-0.05, 0) is 0 Å². The molecule has 0 atom stereocenters. The summed E-state index contributed by atoms with van der Waals surface area (Å²) in [6, 6.07) is 0. The lowest BCUT2D eigenvalue weighted by atomic mass is 10.1. The molecule has 1 aromatic heterocycles. The average Bonchev–Trinajstić information content (AvgIpc) is 2.44. The molecular weight excluding hydrogens is 190 g/mol. The van der Waals surface area contributed by atoms with Crippen LogP contribution in [0.15, 0.2) is 0 Å². The van der Waals surface area contributed by atoms with E-state index >= 15 is 0 Å². The molecule has 1 aliphatic rings. The molecule has 2 N–H and O–H groups in total. The summed E-state index contributed by atoms with van der Waals surface area (Å²) < 4.78 is 1.88. The molecule has 0 spiro atoms. The van der Waals surface area contributed by atoms with Crippen LogP contribution in [0.25, 0.3) is 0 Å². The Morgan fingerprint density at radius 3 is 3.08 bits per heavy atom. The third kappa shape index (κ3) is 1.70. The zero-order valence-electron chi connectivity index (χ0n) is 7.58. The van der Waals surface area contributed by atoms with Crippen LogP contribution >= 0.6 is 12.4 Å². The Bertz CT molecular complexity index is 298. The Morgan fingerprint density at radius 2 is 2.38 bits per heavy atom. The van der Waals surface area contributed by atoms with Gasteiger partial charge in [0, 0.05) is 37.8 Å². The van der Waals surface area contributed by atoms with Crippen LogP contribution in [0.4, 0.5) is 0 Å². The van der Waals surface area contributed by atoms with Crippen LogP contribution in [0, 0.1) is 0 Å². The first kappa shape index (κ1) is 10.5. The molecule has 1 aromatic rings. The molecule has 0 unspecified atom stereocenters. The van der Waals surface area contributed by atoms with Gasteiger partial charge in [0.15, 0.2) is 0 Å². The first-order chi connectivity index (χ1) is 5.83. The summed E-state index contributed by atoms with van der Waals surface area (Å²) >= 11 is 0. The number of aliphatic hydroxyl groups excluding tert-OH is 1. The highest BCUT2D eigenvalue weighted by Crippen LogP contribution is 2.16. The summed E-state index contributed by atoms with van der Waals surface area (Å²) in [5.74, 6) is 0. The smallest absolute Gasteiger partial charge is 0.0926 e. The predicted octanol–water partition coefficient (Wildman–Crippen LogP) is -0.0201. The van der Waals surface area contributed by atoms with E-state index in [1.807, 2.05) is 11.7 Å². The van der Waals surface area contributed by atoms with Crippen molar-refractivity contribution in [2.45, 2.75) is 19.6 Å². The second-order valence-corrected chi connectivity index (χ2v) is 3.08. The van der Waals surface area contributed by atoms with E-state index in [1.54, 1.807) is 0 Å². The highest BCUT2D eigenvalue weighted by molar-refractivity contribution is 5.85. The number of halogens is 1. The molecule has 1 aliphatic heterocycles. The summed E-state index contributed by atoms with van der Waals surface area (Å²) in [5, 5.41) is 16.5. The molecule has 0 radical (unpaired) electrons. The molecule has 0 aromatic carbocycles. The Morgan fingerprint density at radius 1 is 1.62 bits per heavy atom. The van der Waals surface area contributed by atoms with E-state index in [1.165, 1.54) is 11.3 Å². The predicted molar refractivity (Wildman–Crippen MR) is 51.8 cm³/mol. The summed E-state index contributed by atoms with van der Waals surface area (Å²) in [6.07, 6.45) is 1.01. The van der Waals surface area contributed by atoms with Crippen LogP contribution in [0.2, 0.25) is 0 Å². The van der Waals surface area contributed by atoms with Crippen molar-refractivity contribution < 1.29 is 5.11 Å². The van der Waals surface area contributed by atoms with Gasteiger partial charge in [-0.3, -0.25) is 4.68 Å². The second-order valence-electron chi connectivity index (χ2n) is 3.08. The second kappa shape index (κ2) is 4.09. The van der Waals surface area contributed by atoms with E-state index in [2.05, 4.69) is 10.4 Å². The number of hydrogen-bond acceptors (Lipinski definition) is 3. The van der Waals surface area contributed by atoms with Crippen LogP contribution in [0.1, 0.15) is 17.0 Å². The number of aryl methyl sites for hydroxylation is 1. The summed E-state index contributed by atoms with van der Waals surface area (Å²) in [5.41, 5.74) is 3.27. The lowest BCUT2D eigenvalue weighted by molar-refractivity contribution is 0.274. The van der Waals surface area contributed by atoms with Gasteiger partial charge >= 0.3 is 0 Å². The van der Waals surface area contributed by atoms with Crippen molar-refractivity contribution in [2.24, 2.45) is 7.05 Å². The molecule has 5 heteroatoms. The average molecular weight is 204 g/mol. The first-order valence-corrected chi connectivity index (χ1v) is 4.18. The maximum absolute atomic E-state index is 9.00. The largest absolute Gasteiger partial charge is 0.390 e. The van der Waals surface area contributed by atoms with Gasteiger partial charge in [-0.15, -0.1) is 12.4 Å². The fourth-order valence-corrected chi connectivity index (χ4v) is 1.73. The highest BCUT2D eigenvalue weighted by Gasteiger charge is 2.17. The Balaban J connectivity index is 0.000000845. The number of fused-ring (bicyclic) bond motifs is 1. The maximum Gasteiger partial charge on any atom is 0.0926 e. The van der Waals surface area contributed by atoms with Crippen LogP contribution in [0.5, 0.6) is 0 Å². The minimum absolute atomic E-state index is 0. The molecular formula is C8H14ClN3O. The molecule has 13 heavy (non-hydrogen) atoms. The topological polar surface area (TPSA) is 50.1 Å². The lowest BCUT2D eigenvalue weighted by Crippen LogP contribution is -2.24. The summed E-state index contributed by atoms with van der Waals surface area (Å²) in [6.45, 7) is 1.90. The summed E-state index contributed by atoms with van der Waals surface area (Å²) in [7, 11) is 1.93. The third-order valence-corrected chi connectivity index (χ3v) is 2.35. The van der Waals surface area contributed by atoms with Gasteiger partial charge in [0.05, 0.1) is 12.3 Å². The lowest BCUT2D eigenvalue weighted by Gasteiger charge is -2.13. The number of aromatic nitrogens is 2. The number of hydrogen-bond donors (Lipinski definition) is 2. The first-order valence-electron chi connectivity index (χ1n) is 4.18. The van der Waals surface area contributed by atoms with Crippen LogP contribution in [0.3, 0.4) is 0 Å². The van der Waals surface area contributed by atoms with Gasteiger partial charge in [0.1, 0.15) is 0 Å². The molecule has 74 valence electrons. The minimum atomic E-state index is 0. The van der Waals surface area contributed by atoms with E-state index < -0.39 is 0 Å². The van der Waals surface area contributed by atoms with Gasteiger partial charge in [0.2, 0.25) is 0 Å². The highest BCUT2D eigenvalue weighted by atomic mass is 35.5. The fraction of sp³-hybridized carbons (Fsp3) is 0.625. The van der Waals surface area contributed by atoms with Gasteiger partial charge < -0.3 is 10.4 Å². The Kier molecular flexibility index (Phi) is 3.30. The molecule has 0 saturated heterocycles. The quantitative estimate of drug-likeness (QED) is 0.675. The molecule has 4 nitrogen and oxygen atoms in total. The van der Waals surface area contributed by atoms with Crippen molar-refractivity contribution in [3.8, 4) is 0 Å². The third-order valence-electron chi connectivity index (χ3n) is 2.35. The molecule has 2 rings (SSSR count). The van der Waals surface area contributed by atoms with Crippen molar-refractivity contribution in [2.75, 3.05) is 6.54 Å². The van der Waals surface area contributed by atoms with Gasteiger partial charge in [0.25, 0.3) is 0 Å². The van der Waals surface area contributed by atoms with Crippen molar-refractivity contribution in [1.82, 2.24) is 15.1 Å². The van der Waals surface area contributed by atoms with Gasteiger partial charge in [-0.2, -0.15) is 5.10 Å². The molecule has 0 fully saturated rings. The van der Waals surface area contributed by atoms with Crippen molar-refractivity contribution >= 4 is 12.4 Å². The maximum atomic E-state index is 9.00. The minimum Gasteiger partial charge on any atom is -0.390 e. The van der Waals surface area contributed by atoms with Crippen molar-refractivity contribution in [3.63, 3.8) is 0 Å².